The Morgan fingerprint density at radius 2 is 2.21 bits per heavy atom. The monoisotopic (exact) mass is 283 g/mol. The molecule has 4 nitrogen and oxygen atoms in total. The van der Waals surface area contributed by atoms with Gasteiger partial charge in [-0.3, -0.25) is 0 Å². The Hall–Kier alpha value is -1.23. The molecule has 0 aromatic heterocycles. The molecule has 0 saturated heterocycles. The molecule has 0 atom stereocenters. The van der Waals surface area contributed by atoms with Crippen LogP contribution in [0.2, 0.25) is 0 Å². The largest absolute Gasteiger partial charge is 0.491 e. The lowest BCUT2D eigenvalue weighted by molar-refractivity contribution is 0.318. The molecule has 2 rings (SSSR count). The van der Waals surface area contributed by atoms with E-state index < -0.39 is 9.84 Å². The highest BCUT2D eigenvalue weighted by molar-refractivity contribution is 7.91. The van der Waals surface area contributed by atoms with Gasteiger partial charge in [0.15, 0.2) is 0 Å². The molecule has 0 bridgehead atoms. The van der Waals surface area contributed by atoms with Crippen LogP contribution < -0.4 is 10.1 Å². The number of rotatable bonds is 6. The quantitative estimate of drug-likeness (QED) is 0.814. The molecule has 1 N–H and O–H groups in total. The zero-order valence-electron chi connectivity index (χ0n) is 11.3. The third-order valence-electron chi connectivity index (χ3n) is 3.33. The van der Waals surface area contributed by atoms with Gasteiger partial charge in [0.25, 0.3) is 0 Å². The smallest absolute Gasteiger partial charge is 0.150 e. The summed E-state index contributed by atoms with van der Waals surface area (Å²) in [5.74, 6) is 1.24. The van der Waals surface area contributed by atoms with E-state index in [1.165, 1.54) is 5.56 Å². The molecule has 5 heteroatoms. The van der Waals surface area contributed by atoms with Crippen molar-refractivity contribution >= 4 is 15.5 Å². The zero-order valence-corrected chi connectivity index (χ0v) is 12.1. The van der Waals surface area contributed by atoms with Crippen LogP contribution in [0.4, 0.5) is 5.69 Å². The van der Waals surface area contributed by atoms with Crippen LogP contribution in [0.25, 0.3) is 0 Å². The zero-order chi connectivity index (χ0) is 13.7. The molecule has 0 unspecified atom stereocenters. The van der Waals surface area contributed by atoms with Gasteiger partial charge in [-0.05, 0) is 30.9 Å². The lowest BCUT2D eigenvalue weighted by Gasteiger charge is -2.21. The first-order valence-corrected chi connectivity index (χ1v) is 8.63. The average Bonchev–Trinajstić information content (AvgIpc) is 2.44. The topological polar surface area (TPSA) is 55.4 Å². The predicted octanol–water partition coefficient (Wildman–Crippen LogP) is 2.25. The lowest BCUT2D eigenvalue weighted by atomic mass is 10.0. The van der Waals surface area contributed by atoms with E-state index in [1.807, 2.05) is 12.1 Å². The summed E-state index contributed by atoms with van der Waals surface area (Å²) in [5.41, 5.74) is 2.36. The fourth-order valence-electron chi connectivity index (χ4n) is 2.20. The summed E-state index contributed by atoms with van der Waals surface area (Å²) in [6.07, 6.45) is 2.76. The molecule has 1 aromatic carbocycles. The van der Waals surface area contributed by atoms with Crippen molar-refractivity contribution in [2.45, 2.75) is 26.2 Å². The van der Waals surface area contributed by atoms with Crippen molar-refractivity contribution in [3.05, 3.63) is 23.8 Å². The summed E-state index contributed by atoms with van der Waals surface area (Å²) in [6, 6.07) is 6.03. The number of ether oxygens (including phenoxy) is 1. The normalized spacial score (nSPS) is 14.6. The van der Waals surface area contributed by atoms with Gasteiger partial charge in [-0.15, -0.1) is 0 Å². The lowest BCUT2D eigenvalue weighted by Crippen LogP contribution is -2.15. The maximum Gasteiger partial charge on any atom is 0.150 e. The Morgan fingerprint density at radius 3 is 3.00 bits per heavy atom. The van der Waals surface area contributed by atoms with E-state index in [0.29, 0.717) is 13.0 Å². The van der Waals surface area contributed by atoms with E-state index in [2.05, 4.69) is 11.4 Å². The van der Waals surface area contributed by atoms with Gasteiger partial charge in [-0.1, -0.05) is 19.1 Å². The van der Waals surface area contributed by atoms with Crippen LogP contribution in [-0.4, -0.2) is 33.1 Å². The van der Waals surface area contributed by atoms with Crippen LogP contribution in [0.1, 0.15) is 25.3 Å². The number of hydrogen-bond acceptors (Lipinski definition) is 4. The molecule has 106 valence electrons. The van der Waals surface area contributed by atoms with E-state index in [1.54, 1.807) is 6.92 Å². The predicted molar refractivity (Wildman–Crippen MR) is 77.7 cm³/mol. The summed E-state index contributed by atoms with van der Waals surface area (Å²) in [6.45, 7) is 3.09. The fourth-order valence-corrected chi connectivity index (χ4v) is 3.05. The van der Waals surface area contributed by atoms with E-state index in [9.17, 15) is 8.42 Å². The molecular formula is C14H21NO3S. The number of para-hydroxylation sites is 1. The maximum atomic E-state index is 11.4. The van der Waals surface area contributed by atoms with E-state index in [0.717, 1.165) is 30.8 Å². The number of sulfone groups is 1. The van der Waals surface area contributed by atoms with Gasteiger partial charge in [-0.2, -0.15) is 0 Å². The van der Waals surface area contributed by atoms with Crippen molar-refractivity contribution in [2.75, 3.05) is 30.0 Å². The van der Waals surface area contributed by atoms with Crippen LogP contribution in [0.15, 0.2) is 18.2 Å². The van der Waals surface area contributed by atoms with Gasteiger partial charge in [0.2, 0.25) is 0 Å². The molecule has 0 amide bonds. The summed E-state index contributed by atoms with van der Waals surface area (Å²) in [5, 5.41) is 3.36. The summed E-state index contributed by atoms with van der Waals surface area (Å²) < 4.78 is 28.5. The molecule has 1 aliphatic rings. The fraction of sp³-hybridized carbons (Fsp3) is 0.571. The Balaban J connectivity index is 1.90. The van der Waals surface area contributed by atoms with Crippen LogP contribution in [-0.2, 0) is 16.3 Å². The number of hydrogen-bond donors (Lipinski definition) is 1. The molecule has 1 heterocycles. The van der Waals surface area contributed by atoms with Crippen molar-refractivity contribution in [1.29, 1.82) is 0 Å². The average molecular weight is 283 g/mol. The Labute approximate surface area is 115 Å². The van der Waals surface area contributed by atoms with Crippen molar-refractivity contribution in [3.63, 3.8) is 0 Å². The minimum absolute atomic E-state index is 0.200. The third kappa shape index (κ3) is 3.86. The summed E-state index contributed by atoms with van der Waals surface area (Å²) >= 11 is 0. The molecule has 1 aromatic rings. The second-order valence-electron chi connectivity index (χ2n) is 4.76. The number of nitrogens with one attached hydrogen (secondary N) is 1. The minimum Gasteiger partial charge on any atom is -0.491 e. The highest BCUT2D eigenvalue weighted by Gasteiger charge is 2.13. The molecule has 0 radical (unpaired) electrons. The third-order valence-corrected chi connectivity index (χ3v) is 5.12. The molecule has 1 aliphatic heterocycles. The van der Waals surface area contributed by atoms with Crippen LogP contribution in [0, 0.1) is 0 Å². The van der Waals surface area contributed by atoms with Crippen molar-refractivity contribution in [1.82, 2.24) is 0 Å². The molecule has 0 fully saturated rings. The van der Waals surface area contributed by atoms with E-state index in [-0.39, 0.29) is 11.5 Å². The Morgan fingerprint density at radius 1 is 1.37 bits per heavy atom. The van der Waals surface area contributed by atoms with Gasteiger partial charge in [-0.25, -0.2) is 8.42 Å². The Bertz CT molecular complexity index is 525. The molecule has 0 spiro atoms. The Kier molecular flexibility index (Phi) is 4.69. The van der Waals surface area contributed by atoms with Crippen molar-refractivity contribution in [2.24, 2.45) is 0 Å². The first-order valence-electron chi connectivity index (χ1n) is 6.81. The summed E-state index contributed by atoms with van der Waals surface area (Å²) in [7, 11) is -2.89. The molecule has 0 aliphatic carbocycles. The second kappa shape index (κ2) is 6.28. The first kappa shape index (κ1) is 14.2. The molecule has 0 saturated carbocycles. The van der Waals surface area contributed by atoms with Crippen molar-refractivity contribution < 1.29 is 13.2 Å². The number of aryl methyl sites for hydroxylation is 1. The SMILES string of the molecule is CCS(=O)(=O)CCCOc1cccc2c1NCCC2. The minimum atomic E-state index is -2.89. The highest BCUT2D eigenvalue weighted by Crippen LogP contribution is 2.31. The van der Waals surface area contributed by atoms with Gasteiger partial charge in [0.05, 0.1) is 18.0 Å². The highest BCUT2D eigenvalue weighted by atomic mass is 32.2. The van der Waals surface area contributed by atoms with Gasteiger partial charge < -0.3 is 10.1 Å². The molecule has 19 heavy (non-hydrogen) atoms. The van der Waals surface area contributed by atoms with Crippen LogP contribution >= 0.6 is 0 Å². The summed E-state index contributed by atoms with van der Waals surface area (Å²) in [4.78, 5) is 0. The first-order chi connectivity index (χ1) is 9.12. The second-order valence-corrected chi connectivity index (χ2v) is 7.23. The van der Waals surface area contributed by atoms with Gasteiger partial charge >= 0.3 is 0 Å². The standard InChI is InChI=1S/C14H21NO3S/c1-2-19(16,17)11-5-10-18-13-8-3-6-12-7-4-9-15-14(12)13/h3,6,8,15H,2,4-5,7,9-11H2,1H3. The number of benzene rings is 1. The number of fused-ring (bicyclic) bond motifs is 1. The number of anilines is 1. The van der Waals surface area contributed by atoms with Gasteiger partial charge in [0.1, 0.15) is 15.6 Å². The molecular weight excluding hydrogens is 262 g/mol. The van der Waals surface area contributed by atoms with Crippen molar-refractivity contribution in [3.8, 4) is 5.75 Å². The van der Waals surface area contributed by atoms with Gasteiger partial charge in [0, 0.05) is 12.3 Å². The van der Waals surface area contributed by atoms with Crippen LogP contribution in [0.5, 0.6) is 5.75 Å². The maximum absolute atomic E-state index is 11.4. The van der Waals surface area contributed by atoms with E-state index in [4.69, 9.17) is 4.74 Å². The van der Waals surface area contributed by atoms with E-state index >= 15 is 0 Å². The van der Waals surface area contributed by atoms with Crippen LogP contribution in [0.3, 0.4) is 0 Å².